The van der Waals surface area contributed by atoms with Crippen LogP contribution in [0.15, 0.2) is 24.4 Å². The van der Waals surface area contributed by atoms with Crippen LogP contribution in [0.3, 0.4) is 0 Å². The predicted octanol–water partition coefficient (Wildman–Crippen LogP) is 1.70. The summed E-state index contributed by atoms with van der Waals surface area (Å²) >= 11 is 0. The van der Waals surface area contributed by atoms with Crippen molar-refractivity contribution in [2.75, 3.05) is 0 Å². The second kappa shape index (κ2) is 3.73. The van der Waals surface area contributed by atoms with Gasteiger partial charge >= 0.3 is 0 Å². The molecule has 0 atom stereocenters. The Kier molecular flexibility index (Phi) is 2.41. The number of H-pyrrole nitrogens is 1. The van der Waals surface area contributed by atoms with Gasteiger partial charge in [-0.15, -0.1) is 0 Å². The molecule has 0 unspecified atom stereocenters. The third-order valence-electron chi connectivity index (χ3n) is 2.06. The van der Waals surface area contributed by atoms with E-state index in [2.05, 4.69) is 15.3 Å². The molecule has 0 bridgehead atoms. The summed E-state index contributed by atoms with van der Waals surface area (Å²) in [5.74, 6) is -0.131. The number of carbonyl (C=O) groups is 1. The maximum atomic E-state index is 11.6. The van der Waals surface area contributed by atoms with Crippen LogP contribution in [0.5, 0.6) is 0 Å². The maximum absolute atomic E-state index is 11.6. The van der Waals surface area contributed by atoms with Gasteiger partial charge in [-0.2, -0.15) is 0 Å². The van der Waals surface area contributed by atoms with E-state index in [1.165, 1.54) is 0 Å². The van der Waals surface area contributed by atoms with Gasteiger partial charge in [0.05, 0.1) is 11.0 Å². The number of rotatable bonds is 2. The number of aromatic amines is 1. The number of amides is 1. The van der Waals surface area contributed by atoms with Gasteiger partial charge in [-0.3, -0.25) is 4.79 Å². The van der Waals surface area contributed by atoms with E-state index in [0.29, 0.717) is 5.69 Å². The molecule has 4 heteroatoms. The van der Waals surface area contributed by atoms with Crippen molar-refractivity contribution in [2.45, 2.75) is 19.9 Å². The van der Waals surface area contributed by atoms with Gasteiger partial charge in [0.1, 0.15) is 5.69 Å². The van der Waals surface area contributed by atoms with Gasteiger partial charge in [-0.25, -0.2) is 4.98 Å². The van der Waals surface area contributed by atoms with Crippen molar-refractivity contribution in [1.82, 2.24) is 15.3 Å². The number of nitrogens with one attached hydrogen (secondary N) is 2. The first-order valence-corrected chi connectivity index (χ1v) is 4.92. The summed E-state index contributed by atoms with van der Waals surface area (Å²) in [6, 6.07) is 5.55. The normalized spacial score (nSPS) is 10.9. The lowest BCUT2D eigenvalue weighted by atomic mass is 10.3. The molecule has 1 amide bonds. The molecule has 2 aromatic heterocycles. The minimum Gasteiger partial charge on any atom is -0.360 e. The zero-order valence-electron chi connectivity index (χ0n) is 8.74. The molecule has 0 aliphatic heterocycles. The largest absolute Gasteiger partial charge is 0.360 e. The summed E-state index contributed by atoms with van der Waals surface area (Å²) in [4.78, 5) is 18.9. The standard InChI is InChI=1S/C11H13N3O/c1-7(2)13-11(15)10-4-3-8-9(14-10)5-6-12-8/h3-7,12H,1-2H3,(H,13,15). The molecule has 0 saturated heterocycles. The third-order valence-corrected chi connectivity index (χ3v) is 2.06. The average Bonchev–Trinajstić information content (AvgIpc) is 2.62. The Balaban J connectivity index is 2.31. The van der Waals surface area contributed by atoms with Gasteiger partial charge in [0.2, 0.25) is 0 Å². The quantitative estimate of drug-likeness (QED) is 0.780. The highest BCUT2D eigenvalue weighted by atomic mass is 16.1. The molecule has 0 aliphatic rings. The molecule has 4 nitrogen and oxygen atoms in total. The number of fused-ring (bicyclic) bond motifs is 1. The van der Waals surface area contributed by atoms with E-state index in [4.69, 9.17) is 0 Å². The van der Waals surface area contributed by atoms with Gasteiger partial charge in [0.15, 0.2) is 0 Å². The van der Waals surface area contributed by atoms with Crippen LogP contribution >= 0.6 is 0 Å². The third kappa shape index (κ3) is 1.98. The summed E-state index contributed by atoms with van der Waals surface area (Å²) in [7, 11) is 0. The summed E-state index contributed by atoms with van der Waals surface area (Å²) in [6.07, 6.45) is 1.81. The number of nitrogens with zero attached hydrogens (tertiary/aromatic N) is 1. The Hall–Kier alpha value is -1.84. The highest BCUT2D eigenvalue weighted by Crippen LogP contribution is 2.09. The molecule has 2 rings (SSSR count). The van der Waals surface area contributed by atoms with E-state index >= 15 is 0 Å². The van der Waals surface area contributed by atoms with Crippen molar-refractivity contribution in [1.29, 1.82) is 0 Å². The molecule has 2 N–H and O–H groups in total. The monoisotopic (exact) mass is 203 g/mol. The number of hydrogen-bond acceptors (Lipinski definition) is 2. The van der Waals surface area contributed by atoms with E-state index in [1.807, 2.05) is 32.2 Å². The lowest BCUT2D eigenvalue weighted by Gasteiger charge is -2.07. The zero-order valence-corrected chi connectivity index (χ0v) is 8.74. The van der Waals surface area contributed by atoms with Gasteiger partial charge in [-0.1, -0.05) is 0 Å². The molecule has 0 aliphatic carbocycles. The summed E-state index contributed by atoms with van der Waals surface area (Å²) < 4.78 is 0. The second-order valence-electron chi connectivity index (χ2n) is 3.74. The molecule has 78 valence electrons. The smallest absolute Gasteiger partial charge is 0.270 e. The van der Waals surface area contributed by atoms with Crippen molar-refractivity contribution >= 4 is 16.9 Å². The average molecular weight is 203 g/mol. The minimum atomic E-state index is -0.131. The van der Waals surface area contributed by atoms with E-state index in [0.717, 1.165) is 11.0 Å². The molecule has 15 heavy (non-hydrogen) atoms. The van der Waals surface area contributed by atoms with E-state index in [-0.39, 0.29) is 11.9 Å². The van der Waals surface area contributed by atoms with E-state index in [1.54, 1.807) is 6.07 Å². The topological polar surface area (TPSA) is 57.8 Å². The fourth-order valence-corrected chi connectivity index (χ4v) is 1.40. The van der Waals surface area contributed by atoms with Crippen molar-refractivity contribution in [3.8, 4) is 0 Å². The van der Waals surface area contributed by atoms with Gasteiger partial charge < -0.3 is 10.3 Å². The molecule has 0 radical (unpaired) electrons. The van der Waals surface area contributed by atoms with Crippen LogP contribution in [-0.4, -0.2) is 21.9 Å². The van der Waals surface area contributed by atoms with Gasteiger partial charge in [0, 0.05) is 12.2 Å². The number of aromatic nitrogens is 2. The van der Waals surface area contributed by atoms with Gasteiger partial charge in [-0.05, 0) is 32.0 Å². The second-order valence-corrected chi connectivity index (χ2v) is 3.74. The number of carbonyl (C=O) groups excluding carboxylic acids is 1. The lowest BCUT2D eigenvalue weighted by Crippen LogP contribution is -2.30. The van der Waals surface area contributed by atoms with Crippen LogP contribution in [0.25, 0.3) is 11.0 Å². The van der Waals surface area contributed by atoms with Crippen LogP contribution in [0, 0.1) is 0 Å². The molecule has 2 heterocycles. The first-order valence-electron chi connectivity index (χ1n) is 4.92. The Bertz CT molecular complexity index is 487. The predicted molar refractivity (Wildman–Crippen MR) is 58.7 cm³/mol. The molecule has 0 saturated carbocycles. The molecule has 0 spiro atoms. The van der Waals surface area contributed by atoms with Crippen LogP contribution in [-0.2, 0) is 0 Å². The van der Waals surface area contributed by atoms with Crippen LogP contribution in [0.1, 0.15) is 24.3 Å². The molecule has 0 fully saturated rings. The zero-order chi connectivity index (χ0) is 10.8. The molecule has 2 aromatic rings. The van der Waals surface area contributed by atoms with E-state index < -0.39 is 0 Å². The van der Waals surface area contributed by atoms with E-state index in [9.17, 15) is 4.79 Å². The maximum Gasteiger partial charge on any atom is 0.270 e. The van der Waals surface area contributed by atoms with Crippen LogP contribution < -0.4 is 5.32 Å². The van der Waals surface area contributed by atoms with Crippen molar-refractivity contribution in [3.05, 3.63) is 30.1 Å². The SMILES string of the molecule is CC(C)NC(=O)c1ccc2[nH]ccc2n1. The summed E-state index contributed by atoms with van der Waals surface area (Å²) in [6.45, 7) is 3.85. The minimum absolute atomic E-state index is 0.126. The Morgan fingerprint density at radius 3 is 2.93 bits per heavy atom. The Morgan fingerprint density at radius 1 is 1.40 bits per heavy atom. The Morgan fingerprint density at radius 2 is 2.20 bits per heavy atom. The van der Waals surface area contributed by atoms with Crippen molar-refractivity contribution in [2.24, 2.45) is 0 Å². The summed E-state index contributed by atoms with van der Waals surface area (Å²) in [5, 5.41) is 2.80. The fourth-order valence-electron chi connectivity index (χ4n) is 1.40. The molecular formula is C11H13N3O. The van der Waals surface area contributed by atoms with Gasteiger partial charge in [0.25, 0.3) is 5.91 Å². The fraction of sp³-hybridized carbons (Fsp3) is 0.273. The first-order chi connectivity index (χ1) is 7.16. The van der Waals surface area contributed by atoms with Crippen LogP contribution in [0.2, 0.25) is 0 Å². The highest BCUT2D eigenvalue weighted by Gasteiger charge is 2.08. The number of hydrogen-bond donors (Lipinski definition) is 2. The van der Waals surface area contributed by atoms with Crippen molar-refractivity contribution in [3.63, 3.8) is 0 Å². The molecular weight excluding hydrogens is 190 g/mol. The van der Waals surface area contributed by atoms with Crippen LogP contribution in [0.4, 0.5) is 0 Å². The highest BCUT2D eigenvalue weighted by molar-refractivity contribution is 5.94. The summed E-state index contributed by atoms with van der Waals surface area (Å²) in [5.41, 5.74) is 2.21. The lowest BCUT2D eigenvalue weighted by molar-refractivity contribution is 0.0938. The first kappa shape index (κ1) is 9.71. The number of pyridine rings is 1. The Labute approximate surface area is 87.7 Å². The molecule has 0 aromatic carbocycles. The van der Waals surface area contributed by atoms with Crippen molar-refractivity contribution < 1.29 is 4.79 Å².